The van der Waals surface area contributed by atoms with Crippen LogP contribution in [-0.4, -0.2) is 17.9 Å². The summed E-state index contributed by atoms with van der Waals surface area (Å²) in [5.41, 5.74) is 5.64. The van der Waals surface area contributed by atoms with Gasteiger partial charge < -0.3 is 10.1 Å². The van der Waals surface area contributed by atoms with E-state index in [1.165, 1.54) is 16.7 Å². The van der Waals surface area contributed by atoms with Crippen molar-refractivity contribution in [3.05, 3.63) is 59.2 Å². The van der Waals surface area contributed by atoms with E-state index in [1.807, 2.05) is 25.1 Å². The third-order valence-electron chi connectivity index (χ3n) is 4.35. The Balaban J connectivity index is 1.62. The number of ether oxygens (including phenoxy) is 1. The molecule has 1 atom stereocenters. The Hall–Kier alpha value is -2.62. The van der Waals surface area contributed by atoms with Gasteiger partial charge in [-0.25, -0.2) is 4.79 Å². The quantitative estimate of drug-likeness (QED) is 0.927. The molecule has 0 unspecified atom stereocenters. The van der Waals surface area contributed by atoms with Crippen LogP contribution in [0, 0.1) is 13.8 Å². The van der Waals surface area contributed by atoms with Crippen LogP contribution in [0.15, 0.2) is 42.5 Å². The van der Waals surface area contributed by atoms with Crippen LogP contribution in [0.2, 0.25) is 0 Å². The van der Waals surface area contributed by atoms with Crippen LogP contribution in [-0.2, 0) is 16.1 Å². The third kappa shape index (κ3) is 3.65. The lowest BCUT2D eigenvalue weighted by Crippen LogP contribution is -2.47. The number of Topliss-reactive ketones (excluding diaryl/α,β-unsaturated/α-hetero) is 1. The highest BCUT2D eigenvalue weighted by Crippen LogP contribution is 2.25. The van der Waals surface area contributed by atoms with Crippen molar-refractivity contribution in [1.29, 1.82) is 0 Å². The first-order valence-electron chi connectivity index (χ1n) is 8.15. The van der Waals surface area contributed by atoms with E-state index in [0.717, 1.165) is 11.1 Å². The normalized spacial score (nSPS) is 16.4. The van der Waals surface area contributed by atoms with Gasteiger partial charge in [0.15, 0.2) is 5.78 Å². The molecule has 0 aromatic heterocycles. The van der Waals surface area contributed by atoms with E-state index in [-0.39, 0.29) is 18.4 Å². The first-order chi connectivity index (χ1) is 11.5. The Kier molecular flexibility index (Phi) is 4.65. The summed E-state index contributed by atoms with van der Waals surface area (Å²) < 4.78 is 5.20. The zero-order valence-electron chi connectivity index (χ0n) is 14.0. The molecule has 0 bridgehead atoms. The molecule has 0 heterocycles. The zero-order chi connectivity index (χ0) is 17.1. The van der Waals surface area contributed by atoms with Crippen molar-refractivity contribution in [3.8, 4) is 11.1 Å². The molecule has 1 aliphatic rings. The van der Waals surface area contributed by atoms with Crippen molar-refractivity contribution in [3.63, 3.8) is 0 Å². The summed E-state index contributed by atoms with van der Waals surface area (Å²) in [7, 11) is 0. The number of nitrogens with one attached hydrogen (secondary N) is 1. The number of hydrogen-bond acceptors (Lipinski definition) is 3. The molecule has 1 fully saturated rings. The number of benzene rings is 2. The Morgan fingerprint density at radius 2 is 2.04 bits per heavy atom. The summed E-state index contributed by atoms with van der Waals surface area (Å²) in [5.74, 6) is 0.0744. The van der Waals surface area contributed by atoms with Gasteiger partial charge in [0.2, 0.25) is 0 Å². The second kappa shape index (κ2) is 6.87. The molecule has 2 aromatic rings. The Morgan fingerprint density at radius 3 is 2.67 bits per heavy atom. The number of hydrogen-bond donors (Lipinski definition) is 1. The lowest BCUT2D eigenvalue weighted by Gasteiger charge is -2.24. The van der Waals surface area contributed by atoms with Crippen molar-refractivity contribution < 1.29 is 14.3 Å². The molecule has 1 N–H and O–H groups in total. The summed E-state index contributed by atoms with van der Waals surface area (Å²) in [5, 5.41) is 2.58. The first kappa shape index (κ1) is 16.2. The van der Waals surface area contributed by atoms with Crippen LogP contribution in [0.25, 0.3) is 11.1 Å². The highest BCUT2D eigenvalue weighted by molar-refractivity contribution is 5.92. The lowest BCUT2D eigenvalue weighted by atomic mass is 9.91. The summed E-state index contributed by atoms with van der Waals surface area (Å²) >= 11 is 0. The maximum Gasteiger partial charge on any atom is 0.408 e. The molecule has 1 aliphatic carbocycles. The van der Waals surface area contributed by atoms with Gasteiger partial charge in [-0.2, -0.15) is 0 Å². The van der Waals surface area contributed by atoms with Crippen LogP contribution in [0.3, 0.4) is 0 Å². The predicted octanol–water partition coefficient (Wildman–Crippen LogP) is 3.93. The molecule has 0 saturated heterocycles. The number of amides is 1. The fourth-order valence-electron chi connectivity index (χ4n) is 2.84. The number of rotatable bonds is 4. The molecule has 1 amide bonds. The minimum atomic E-state index is -0.534. The standard InChI is InChI=1S/C20H21NO3/c1-13-4-3-5-16(10-13)17-7-6-15(11-14(17)2)12-24-20(23)21-18-8-9-19(18)22/h3-7,10-11,18H,8-9,12H2,1-2H3,(H,21,23)/t18-/m0/s1. The Morgan fingerprint density at radius 1 is 1.21 bits per heavy atom. The average Bonchev–Trinajstić information content (AvgIpc) is 2.56. The van der Waals surface area contributed by atoms with Gasteiger partial charge in [-0.05, 0) is 42.5 Å². The Bertz CT molecular complexity index is 782. The monoisotopic (exact) mass is 323 g/mol. The number of aryl methyl sites for hydroxylation is 2. The van der Waals surface area contributed by atoms with E-state index in [1.54, 1.807) is 0 Å². The molecular formula is C20H21NO3. The van der Waals surface area contributed by atoms with Crippen LogP contribution in [0.5, 0.6) is 0 Å². The Labute approximate surface area is 141 Å². The zero-order valence-corrected chi connectivity index (χ0v) is 14.0. The van der Waals surface area contributed by atoms with Crippen LogP contribution < -0.4 is 5.32 Å². The van der Waals surface area contributed by atoms with Gasteiger partial charge in [0.25, 0.3) is 0 Å². The molecule has 1 saturated carbocycles. The third-order valence-corrected chi connectivity index (χ3v) is 4.35. The van der Waals surface area contributed by atoms with E-state index >= 15 is 0 Å². The number of carbonyl (C=O) groups is 2. The average molecular weight is 323 g/mol. The van der Waals surface area contributed by atoms with Crippen LogP contribution in [0.4, 0.5) is 4.79 Å². The second-order valence-electron chi connectivity index (χ2n) is 6.30. The number of alkyl carbamates (subject to hydrolysis) is 1. The smallest absolute Gasteiger partial charge is 0.408 e. The van der Waals surface area contributed by atoms with Crippen molar-refractivity contribution in [2.75, 3.05) is 0 Å². The van der Waals surface area contributed by atoms with E-state index in [2.05, 4.69) is 36.5 Å². The largest absolute Gasteiger partial charge is 0.445 e. The highest BCUT2D eigenvalue weighted by atomic mass is 16.5. The van der Waals surface area contributed by atoms with Crippen molar-refractivity contribution >= 4 is 11.9 Å². The lowest BCUT2D eigenvalue weighted by molar-refractivity contribution is -0.126. The molecule has 24 heavy (non-hydrogen) atoms. The highest BCUT2D eigenvalue weighted by Gasteiger charge is 2.29. The fraction of sp³-hybridized carbons (Fsp3) is 0.300. The van der Waals surface area contributed by atoms with Crippen molar-refractivity contribution in [2.45, 2.75) is 39.3 Å². The topological polar surface area (TPSA) is 55.4 Å². The van der Waals surface area contributed by atoms with Gasteiger partial charge in [0.05, 0.1) is 6.04 Å². The molecule has 4 heteroatoms. The van der Waals surface area contributed by atoms with Gasteiger partial charge >= 0.3 is 6.09 Å². The van der Waals surface area contributed by atoms with Crippen LogP contribution >= 0.6 is 0 Å². The van der Waals surface area contributed by atoms with Gasteiger partial charge in [-0.3, -0.25) is 4.79 Å². The predicted molar refractivity (Wildman–Crippen MR) is 92.7 cm³/mol. The molecule has 3 rings (SSSR count). The van der Waals surface area contributed by atoms with E-state index in [0.29, 0.717) is 12.8 Å². The SMILES string of the molecule is Cc1cccc(-c2ccc(COC(=O)N[C@H]3CCC3=O)cc2C)c1. The molecule has 4 nitrogen and oxygen atoms in total. The van der Waals surface area contributed by atoms with Gasteiger partial charge in [-0.1, -0.05) is 48.0 Å². The summed E-state index contributed by atoms with van der Waals surface area (Å²) in [6.07, 6.45) is 0.719. The molecule has 124 valence electrons. The van der Waals surface area contributed by atoms with Crippen molar-refractivity contribution in [1.82, 2.24) is 5.32 Å². The van der Waals surface area contributed by atoms with E-state index in [9.17, 15) is 9.59 Å². The second-order valence-corrected chi connectivity index (χ2v) is 6.30. The summed E-state index contributed by atoms with van der Waals surface area (Å²) in [6, 6.07) is 14.1. The molecule has 0 aliphatic heterocycles. The van der Waals surface area contributed by atoms with Crippen LogP contribution in [0.1, 0.15) is 29.5 Å². The summed E-state index contributed by atoms with van der Waals surface area (Å²) in [6.45, 7) is 4.32. The minimum Gasteiger partial charge on any atom is -0.445 e. The molecular weight excluding hydrogens is 302 g/mol. The van der Waals surface area contributed by atoms with E-state index in [4.69, 9.17) is 4.74 Å². The maximum atomic E-state index is 11.7. The summed E-state index contributed by atoms with van der Waals surface area (Å²) in [4.78, 5) is 22.9. The van der Waals surface area contributed by atoms with Gasteiger partial charge in [0, 0.05) is 6.42 Å². The first-order valence-corrected chi connectivity index (χ1v) is 8.15. The minimum absolute atomic E-state index is 0.0744. The van der Waals surface area contributed by atoms with Gasteiger partial charge in [-0.15, -0.1) is 0 Å². The number of carbonyl (C=O) groups excluding carboxylic acids is 2. The molecule has 2 aromatic carbocycles. The van der Waals surface area contributed by atoms with Gasteiger partial charge in [0.1, 0.15) is 6.61 Å². The fourth-order valence-corrected chi connectivity index (χ4v) is 2.84. The van der Waals surface area contributed by atoms with Crippen molar-refractivity contribution in [2.24, 2.45) is 0 Å². The van der Waals surface area contributed by atoms with E-state index < -0.39 is 6.09 Å². The maximum absolute atomic E-state index is 11.7. The molecule has 0 spiro atoms. The molecule has 0 radical (unpaired) electrons. The number of ketones is 1.